The van der Waals surface area contributed by atoms with Gasteiger partial charge in [0.05, 0.1) is 13.0 Å². The van der Waals surface area contributed by atoms with E-state index in [1.807, 2.05) is 30.3 Å². The maximum atomic E-state index is 12.0. The van der Waals surface area contributed by atoms with Gasteiger partial charge in [-0.25, -0.2) is 0 Å². The first-order chi connectivity index (χ1) is 12.6. The molecule has 2 aromatic rings. The Kier molecular flexibility index (Phi) is 6.97. The van der Waals surface area contributed by atoms with E-state index in [0.29, 0.717) is 18.9 Å². The standard InChI is InChI=1S/C20H22Br2N2O2/c21-16-3-1-5-18(11-16)24-9-7-15(14-24)13-23-20(25)8-10-26-19-6-2-4-17(22)12-19/h1-6,11-12,15H,7-10,13-14H2,(H,23,25). The smallest absolute Gasteiger partial charge is 0.223 e. The van der Waals surface area contributed by atoms with E-state index in [1.165, 1.54) is 5.69 Å². The Balaban J connectivity index is 1.36. The minimum Gasteiger partial charge on any atom is -0.493 e. The van der Waals surface area contributed by atoms with Gasteiger partial charge in [0.25, 0.3) is 0 Å². The lowest BCUT2D eigenvalue weighted by Gasteiger charge is -2.19. The maximum Gasteiger partial charge on any atom is 0.223 e. The van der Waals surface area contributed by atoms with Crippen LogP contribution in [0.1, 0.15) is 12.8 Å². The molecule has 0 spiro atoms. The first-order valence-corrected chi connectivity index (χ1v) is 10.3. The Hall–Kier alpha value is -1.53. The first kappa shape index (κ1) is 19.2. The number of anilines is 1. The van der Waals surface area contributed by atoms with E-state index in [4.69, 9.17) is 4.74 Å². The molecule has 0 aromatic heterocycles. The van der Waals surface area contributed by atoms with Gasteiger partial charge in [-0.2, -0.15) is 0 Å². The number of hydrogen-bond donors (Lipinski definition) is 1. The summed E-state index contributed by atoms with van der Waals surface area (Å²) in [4.78, 5) is 14.4. The van der Waals surface area contributed by atoms with Crippen LogP contribution >= 0.6 is 31.9 Å². The van der Waals surface area contributed by atoms with Gasteiger partial charge < -0.3 is 15.0 Å². The van der Waals surface area contributed by atoms with Crippen LogP contribution in [0.2, 0.25) is 0 Å². The van der Waals surface area contributed by atoms with Gasteiger partial charge in [0.1, 0.15) is 5.75 Å². The average molecular weight is 482 g/mol. The third-order valence-corrected chi connectivity index (χ3v) is 5.43. The van der Waals surface area contributed by atoms with Gasteiger partial charge in [0.15, 0.2) is 0 Å². The molecule has 1 aliphatic rings. The normalized spacial score (nSPS) is 16.5. The van der Waals surface area contributed by atoms with Gasteiger partial charge >= 0.3 is 0 Å². The molecule has 1 fully saturated rings. The highest BCUT2D eigenvalue weighted by Gasteiger charge is 2.23. The Bertz CT molecular complexity index is 754. The number of nitrogens with zero attached hydrogens (tertiary/aromatic N) is 1. The van der Waals surface area contributed by atoms with Crippen molar-refractivity contribution in [2.24, 2.45) is 5.92 Å². The van der Waals surface area contributed by atoms with E-state index in [-0.39, 0.29) is 5.91 Å². The fourth-order valence-electron chi connectivity index (χ4n) is 3.07. The number of halogens is 2. The fourth-order valence-corrected chi connectivity index (χ4v) is 3.84. The van der Waals surface area contributed by atoms with Crippen LogP contribution in [0.3, 0.4) is 0 Å². The van der Waals surface area contributed by atoms with Crippen molar-refractivity contribution >= 4 is 43.5 Å². The van der Waals surface area contributed by atoms with Gasteiger partial charge in [-0.15, -0.1) is 0 Å². The highest BCUT2D eigenvalue weighted by molar-refractivity contribution is 9.10. The van der Waals surface area contributed by atoms with Crippen LogP contribution in [0.15, 0.2) is 57.5 Å². The monoisotopic (exact) mass is 480 g/mol. The van der Waals surface area contributed by atoms with E-state index >= 15 is 0 Å². The Morgan fingerprint density at radius 1 is 1.15 bits per heavy atom. The Morgan fingerprint density at radius 3 is 2.69 bits per heavy atom. The lowest BCUT2D eigenvalue weighted by Crippen LogP contribution is -2.31. The third-order valence-electron chi connectivity index (χ3n) is 4.44. The third kappa shape index (κ3) is 5.74. The number of nitrogens with one attached hydrogen (secondary N) is 1. The summed E-state index contributed by atoms with van der Waals surface area (Å²) in [6, 6.07) is 16.0. The second-order valence-electron chi connectivity index (χ2n) is 6.44. The number of carbonyl (C=O) groups is 1. The molecule has 4 nitrogen and oxygen atoms in total. The molecule has 1 aliphatic heterocycles. The van der Waals surface area contributed by atoms with Crippen LogP contribution in [0.4, 0.5) is 5.69 Å². The summed E-state index contributed by atoms with van der Waals surface area (Å²) in [5.74, 6) is 1.30. The predicted molar refractivity (Wildman–Crippen MR) is 112 cm³/mol. The summed E-state index contributed by atoms with van der Waals surface area (Å²) in [5, 5.41) is 3.04. The highest BCUT2D eigenvalue weighted by Crippen LogP contribution is 2.26. The molecule has 26 heavy (non-hydrogen) atoms. The quantitative estimate of drug-likeness (QED) is 0.627. The SMILES string of the molecule is O=C(CCOc1cccc(Br)c1)NCC1CCN(c2cccc(Br)c2)C1. The van der Waals surface area contributed by atoms with Crippen molar-refractivity contribution in [3.05, 3.63) is 57.5 Å². The van der Waals surface area contributed by atoms with Crippen molar-refractivity contribution in [1.82, 2.24) is 5.32 Å². The molecule has 3 rings (SSSR count). The van der Waals surface area contributed by atoms with Gasteiger partial charge in [-0.3, -0.25) is 4.79 Å². The van der Waals surface area contributed by atoms with Crippen LogP contribution in [0, 0.1) is 5.92 Å². The van der Waals surface area contributed by atoms with Crippen molar-refractivity contribution in [2.45, 2.75) is 12.8 Å². The largest absolute Gasteiger partial charge is 0.493 e. The van der Waals surface area contributed by atoms with E-state index in [2.05, 4.69) is 60.3 Å². The predicted octanol–water partition coefficient (Wildman–Crippen LogP) is 4.62. The molecule has 1 amide bonds. The minimum absolute atomic E-state index is 0.0425. The summed E-state index contributed by atoms with van der Waals surface area (Å²) in [6.07, 6.45) is 1.47. The molecular weight excluding hydrogens is 460 g/mol. The zero-order chi connectivity index (χ0) is 18.4. The molecule has 1 N–H and O–H groups in total. The summed E-state index contributed by atoms with van der Waals surface area (Å²) in [7, 11) is 0. The van der Waals surface area contributed by atoms with Crippen LogP contribution in [-0.4, -0.2) is 32.1 Å². The average Bonchev–Trinajstić information content (AvgIpc) is 3.09. The molecule has 0 radical (unpaired) electrons. The zero-order valence-corrected chi connectivity index (χ0v) is 17.6. The molecule has 1 unspecified atom stereocenters. The van der Waals surface area contributed by atoms with Gasteiger partial charge in [0, 0.05) is 34.3 Å². The van der Waals surface area contributed by atoms with Gasteiger partial charge in [0.2, 0.25) is 5.91 Å². The lowest BCUT2D eigenvalue weighted by molar-refractivity contribution is -0.121. The van der Waals surface area contributed by atoms with E-state index in [0.717, 1.165) is 40.8 Å². The number of benzene rings is 2. The van der Waals surface area contributed by atoms with E-state index < -0.39 is 0 Å². The summed E-state index contributed by atoms with van der Waals surface area (Å²) >= 11 is 6.93. The van der Waals surface area contributed by atoms with Crippen molar-refractivity contribution in [2.75, 3.05) is 31.1 Å². The minimum atomic E-state index is 0.0425. The van der Waals surface area contributed by atoms with Crippen LogP contribution in [0.25, 0.3) is 0 Å². The van der Waals surface area contributed by atoms with Crippen molar-refractivity contribution < 1.29 is 9.53 Å². The number of amides is 1. The van der Waals surface area contributed by atoms with Crippen LogP contribution < -0.4 is 15.0 Å². The topological polar surface area (TPSA) is 41.6 Å². The van der Waals surface area contributed by atoms with Gasteiger partial charge in [-0.05, 0) is 48.7 Å². The van der Waals surface area contributed by atoms with E-state index in [1.54, 1.807) is 0 Å². The Labute approximate surface area is 171 Å². The molecule has 2 aromatic carbocycles. The molecule has 1 atom stereocenters. The second kappa shape index (κ2) is 9.42. The number of ether oxygens (including phenoxy) is 1. The molecule has 0 bridgehead atoms. The molecule has 6 heteroatoms. The Morgan fingerprint density at radius 2 is 1.92 bits per heavy atom. The van der Waals surface area contributed by atoms with Crippen LogP contribution in [0.5, 0.6) is 5.75 Å². The number of hydrogen-bond acceptors (Lipinski definition) is 3. The molecule has 138 valence electrons. The van der Waals surface area contributed by atoms with Crippen molar-refractivity contribution in [3.63, 3.8) is 0 Å². The van der Waals surface area contributed by atoms with E-state index in [9.17, 15) is 4.79 Å². The highest BCUT2D eigenvalue weighted by atomic mass is 79.9. The van der Waals surface area contributed by atoms with Gasteiger partial charge in [-0.1, -0.05) is 44.0 Å². The summed E-state index contributed by atoms with van der Waals surface area (Å²) in [5.41, 5.74) is 1.23. The maximum absolute atomic E-state index is 12.0. The zero-order valence-electron chi connectivity index (χ0n) is 14.5. The van der Waals surface area contributed by atoms with Crippen molar-refractivity contribution in [1.29, 1.82) is 0 Å². The molecular formula is C20H22Br2N2O2. The lowest BCUT2D eigenvalue weighted by atomic mass is 10.1. The van der Waals surface area contributed by atoms with Crippen molar-refractivity contribution in [3.8, 4) is 5.75 Å². The first-order valence-electron chi connectivity index (χ1n) is 8.76. The fraction of sp³-hybridized carbons (Fsp3) is 0.350. The summed E-state index contributed by atoms with van der Waals surface area (Å²) in [6.45, 7) is 3.12. The molecule has 0 aliphatic carbocycles. The molecule has 0 saturated carbocycles. The summed E-state index contributed by atoms with van der Waals surface area (Å²) < 4.78 is 7.67. The number of carbonyl (C=O) groups excluding carboxylic acids is 1. The van der Waals surface area contributed by atoms with Crippen LogP contribution in [-0.2, 0) is 4.79 Å². The second-order valence-corrected chi connectivity index (χ2v) is 8.27. The molecule has 1 heterocycles. The molecule has 1 saturated heterocycles. The number of rotatable bonds is 7.